The lowest BCUT2D eigenvalue weighted by atomic mass is 10.1. The van der Waals surface area contributed by atoms with Crippen LogP contribution in [0.3, 0.4) is 0 Å². The van der Waals surface area contributed by atoms with Crippen LogP contribution in [0.2, 0.25) is 0 Å². The van der Waals surface area contributed by atoms with Gasteiger partial charge in [-0.2, -0.15) is 0 Å². The molecule has 150 valence electrons. The van der Waals surface area contributed by atoms with Crippen LogP contribution in [0.15, 0.2) is 77.3 Å². The van der Waals surface area contributed by atoms with Crippen molar-refractivity contribution in [2.45, 2.75) is 6.92 Å². The summed E-state index contributed by atoms with van der Waals surface area (Å²) in [6.45, 7) is 5.19. The third-order valence-corrected chi connectivity index (χ3v) is 5.34. The summed E-state index contributed by atoms with van der Waals surface area (Å²) in [7, 11) is 4.00. The van der Waals surface area contributed by atoms with Gasteiger partial charge >= 0.3 is 0 Å². The summed E-state index contributed by atoms with van der Waals surface area (Å²) in [5.41, 5.74) is 2.86. The van der Waals surface area contributed by atoms with Gasteiger partial charge in [-0.15, -0.1) is 5.06 Å². The molecule has 1 saturated heterocycles. The molecule has 29 heavy (non-hydrogen) atoms. The number of rotatable bonds is 6. The molecule has 0 saturated carbocycles. The van der Waals surface area contributed by atoms with Crippen LogP contribution in [-0.4, -0.2) is 29.4 Å². The average molecular weight is 429 g/mol. The number of ether oxygens (including phenoxy) is 1. The maximum Gasteiger partial charge on any atom is 0.294 e. The number of allylic oxidation sites excluding steroid dienone is 5. The number of anilines is 1. The van der Waals surface area contributed by atoms with Gasteiger partial charge in [-0.05, 0) is 55.1 Å². The molecule has 0 N–H and O–H groups in total. The third kappa shape index (κ3) is 4.97. The summed E-state index contributed by atoms with van der Waals surface area (Å²) in [5.74, 6) is 0.880. The molecule has 0 bridgehead atoms. The number of thiocarbonyl (C=S) groups is 1. The van der Waals surface area contributed by atoms with E-state index in [1.54, 1.807) is 12.2 Å². The molecule has 0 atom stereocenters. The van der Waals surface area contributed by atoms with Gasteiger partial charge in [0.05, 0.1) is 4.91 Å². The standard InChI is InChI=1S/C21H20N2O4S2/c1-5-25-27-23-20(24)19(29-21(23)28)16-12-14(2)26-18(13-16)11-8-15-6-9-17(10-7-15)22(3)4/h5-13H,1H2,2-4H3/b11-8+,19-16+. The minimum absolute atomic E-state index is 0.239. The molecule has 2 aliphatic heterocycles. The van der Waals surface area contributed by atoms with Crippen LogP contribution < -0.4 is 4.90 Å². The highest BCUT2D eigenvalue weighted by atomic mass is 32.2. The van der Waals surface area contributed by atoms with Gasteiger partial charge in [0, 0.05) is 25.4 Å². The predicted octanol–water partition coefficient (Wildman–Crippen LogP) is 4.70. The van der Waals surface area contributed by atoms with Crippen molar-refractivity contribution in [2.75, 3.05) is 19.0 Å². The quantitative estimate of drug-likeness (QED) is 0.214. The average Bonchev–Trinajstić information content (AvgIpc) is 2.98. The van der Waals surface area contributed by atoms with Gasteiger partial charge in [0.15, 0.2) is 4.32 Å². The van der Waals surface area contributed by atoms with E-state index < -0.39 is 5.91 Å². The van der Waals surface area contributed by atoms with Crippen molar-refractivity contribution in [3.05, 3.63) is 82.9 Å². The van der Waals surface area contributed by atoms with E-state index in [2.05, 4.69) is 11.5 Å². The number of benzene rings is 1. The molecule has 0 radical (unpaired) electrons. The maximum atomic E-state index is 12.6. The zero-order valence-corrected chi connectivity index (χ0v) is 17.9. The van der Waals surface area contributed by atoms with Crippen LogP contribution in [0.5, 0.6) is 0 Å². The molecule has 2 heterocycles. The lowest BCUT2D eigenvalue weighted by Crippen LogP contribution is -2.27. The summed E-state index contributed by atoms with van der Waals surface area (Å²) in [6, 6.07) is 8.15. The maximum absolute atomic E-state index is 12.6. The van der Waals surface area contributed by atoms with E-state index in [1.807, 2.05) is 62.3 Å². The topological polar surface area (TPSA) is 51.2 Å². The molecule has 0 unspecified atom stereocenters. The van der Waals surface area contributed by atoms with Crippen molar-refractivity contribution < 1.29 is 19.4 Å². The highest BCUT2D eigenvalue weighted by Gasteiger charge is 2.36. The van der Waals surface area contributed by atoms with Crippen molar-refractivity contribution in [3.8, 4) is 0 Å². The summed E-state index contributed by atoms with van der Waals surface area (Å²) in [4.78, 5) is 24.6. The molecule has 1 aromatic carbocycles. The van der Waals surface area contributed by atoms with Gasteiger partial charge in [0.25, 0.3) is 5.91 Å². The van der Waals surface area contributed by atoms with E-state index >= 15 is 0 Å². The van der Waals surface area contributed by atoms with Gasteiger partial charge in [-0.25, -0.2) is 0 Å². The van der Waals surface area contributed by atoms with Crippen LogP contribution >= 0.6 is 24.0 Å². The van der Waals surface area contributed by atoms with Crippen LogP contribution in [0, 0.1) is 0 Å². The number of hydroxylamine groups is 2. The van der Waals surface area contributed by atoms with Crippen molar-refractivity contribution >= 4 is 46.0 Å². The highest BCUT2D eigenvalue weighted by Crippen LogP contribution is 2.36. The monoisotopic (exact) mass is 428 g/mol. The van der Waals surface area contributed by atoms with Crippen molar-refractivity contribution in [1.82, 2.24) is 5.06 Å². The molecule has 8 heteroatoms. The summed E-state index contributed by atoms with van der Waals surface area (Å²) < 4.78 is 6.01. The van der Waals surface area contributed by atoms with E-state index in [0.717, 1.165) is 34.3 Å². The summed E-state index contributed by atoms with van der Waals surface area (Å²) in [6.07, 6.45) is 8.45. The Morgan fingerprint density at radius 3 is 2.59 bits per heavy atom. The van der Waals surface area contributed by atoms with Crippen molar-refractivity contribution in [2.24, 2.45) is 0 Å². The van der Waals surface area contributed by atoms with Gasteiger partial charge in [0.1, 0.15) is 17.8 Å². The Kier molecular flexibility index (Phi) is 6.58. The fourth-order valence-electron chi connectivity index (χ4n) is 2.60. The molecule has 0 spiro atoms. The molecule has 6 nitrogen and oxygen atoms in total. The normalized spacial score (nSPS) is 19.2. The Hall–Kier alpha value is -2.81. The highest BCUT2D eigenvalue weighted by molar-refractivity contribution is 8.26. The van der Waals surface area contributed by atoms with Crippen molar-refractivity contribution in [3.63, 3.8) is 0 Å². The van der Waals surface area contributed by atoms with Gasteiger partial charge in [-0.1, -0.05) is 41.5 Å². The van der Waals surface area contributed by atoms with E-state index in [0.29, 0.717) is 22.0 Å². The van der Waals surface area contributed by atoms with Gasteiger partial charge in [0.2, 0.25) is 0 Å². The van der Waals surface area contributed by atoms with Gasteiger partial charge < -0.3 is 14.5 Å². The van der Waals surface area contributed by atoms with E-state index in [9.17, 15) is 4.79 Å². The molecular weight excluding hydrogens is 408 g/mol. The minimum Gasteiger partial charge on any atom is -0.462 e. The Morgan fingerprint density at radius 2 is 1.93 bits per heavy atom. The zero-order valence-electron chi connectivity index (χ0n) is 16.2. The number of hydrogen-bond acceptors (Lipinski definition) is 7. The van der Waals surface area contributed by atoms with Crippen LogP contribution in [-0.2, 0) is 19.4 Å². The number of nitrogens with zero attached hydrogens (tertiary/aromatic N) is 2. The zero-order chi connectivity index (χ0) is 21.0. The summed E-state index contributed by atoms with van der Waals surface area (Å²) >= 11 is 6.32. The third-order valence-electron chi connectivity index (χ3n) is 3.97. The molecule has 1 fully saturated rings. The first kappa shape index (κ1) is 20.9. The minimum atomic E-state index is -0.401. The molecule has 2 aliphatic rings. The second-order valence-corrected chi connectivity index (χ2v) is 7.96. The fraction of sp³-hybridized carbons (Fsp3) is 0.143. The number of amides is 1. The second-order valence-electron chi connectivity index (χ2n) is 6.31. The van der Waals surface area contributed by atoms with Crippen molar-refractivity contribution in [1.29, 1.82) is 0 Å². The fourth-order valence-corrected chi connectivity index (χ4v) is 3.74. The molecule has 3 rings (SSSR count). The molecule has 1 amide bonds. The first-order valence-corrected chi connectivity index (χ1v) is 9.89. The van der Waals surface area contributed by atoms with Crippen LogP contribution in [0.25, 0.3) is 6.08 Å². The van der Waals surface area contributed by atoms with Gasteiger partial charge in [-0.3, -0.25) is 4.79 Å². The smallest absolute Gasteiger partial charge is 0.294 e. The largest absolute Gasteiger partial charge is 0.462 e. The number of hydrogen-bond donors (Lipinski definition) is 0. The van der Waals surface area contributed by atoms with E-state index in [1.165, 1.54) is 0 Å². The second kappa shape index (κ2) is 9.13. The molecule has 0 aromatic heterocycles. The molecule has 0 aliphatic carbocycles. The Morgan fingerprint density at radius 1 is 1.21 bits per heavy atom. The SMILES string of the molecule is C=COON1C(=O)/C(=C2/C=C(C)OC(/C=C/c3ccc(N(C)C)cc3)=C2)SC1=S. The predicted molar refractivity (Wildman–Crippen MR) is 119 cm³/mol. The molecular formula is C21H20N2O4S2. The first-order valence-electron chi connectivity index (χ1n) is 8.67. The number of thioether (sulfide) groups is 1. The molecule has 1 aromatic rings. The lowest BCUT2D eigenvalue weighted by Gasteiger charge is -2.14. The number of carbonyl (C=O) groups is 1. The number of carbonyl (C=O) groups excluding carboxylic acids is 1. The Balaban J connectivity index is 1.83. The van der Waals surface area contributed by atoms with E-state index in [4.69, 9.17) is 21.9 Å². The Bertz CT molecular complexity index is 959. The lowest BCUT2D eigenvalue weighted by molar-refractivity contribution is -0.350. The summed E-state index contributed by atoms with van der Waals surface area (Å²) in [5, 5.41) is 0.915. The Labute approximate surface area is 179 Å². The van der Waals surface area contributed by atoms with E-state index in [-0.39, 0.29) is 4.32 Å². The van der Waals surface area contributed by atoms with Crippen LogP contribution in [0.1, 0.15) is 12.5 Å². The van der Waals surface area contributed by atoms with Crippen LogP contribution in [0.4, 0.5) is 5.69 Å². The first-order chi connectivity index (χ1) is 13.9.